The van der Waals surface area contributed by atoms with Crippen molar-refractivity contribution < 1.29 is 18.7 Å². The van der Waals surface area contributed by atoms with Gasteiger partial charge in [-0.2, -0.15) is 0 Å². The van der Waals surface area contributed by atoms with Crippen LogP contribution in [0.1, 0.15) is 24.4 Å². The van der Waals surface area contributed by atoms with Gasteiger partial charge in [0.1, 0.15) is 12.4 Å². The number of anilines is 2. The molecule has 11 heteroatoms. The van der Waals surface area contributed by atoms with Crippen molar-refractivity contribution in [3.8, 4) is 0 Å². The van der Waals surface area contributed by atoms with Gasteiger partial charge in [0.05, 0.1) is 12.9 Å². The van der Waals surface area contributed by atoms with Gasteiger partial charge in [0, 0.05) is 27.2 Å². The van der Waals surface area contributed by atoms with Crippen LogP contribution in [-0.2, 0) is 16.1 Å². The Balaban J connectivity index is 2.39. The first kappa shape index (κ1) is 22.9. The number of H-pyrrole nitrogens is 1. The monoisotopic (exact) mass is 421 g/mol. The number of hydrogen-bond donors (Lipinski definition) is 2. The first-order valence-electron chi connectivity index (χ1n) is 9.38. The van der Waals surface area contributed by atoms with Gasteiger partial charge in [0.2, 0.25) is 5.91 Å². The molecule has 2 aromatic rings. The van der Waals surface area contributed by atoms with Gasteiger partial charge in [-0.15, -0.1) is 0 Å². The van der Waals surface area contributed by atoms with Crippen LogP contribution in [-0.4, -0.2) is 60.1 Å². The topological polar surface area (TPSA) is 144 Å². The Bertz CT molecular complexity index is 992. The number of nitrogens with one attached hydrogen (secondary N) is 1. The number of amides is 2. The summed E-state index contributed by atoms with van der Waals surface area (Å²) in [5.74, 6) is -1.03. The van der Waals surface area contributed by atoms with Crippen molar-refractivity contribution in [2.75, 3.05) is 44.5 Å². The highest BCUT2D eigenvalue weighted by atomic mass is 16.5. The van der Waals surface area contributed by atoms with Gasteiger partial charge < -0.3 is 24.7 Å². The van der Waals surface area contributed by atoms with Crippen LogP contribution < -0.4 is 21.9 Å². The highest BCUT2D eigenvalue weighted by molar-refractivity contribution is 6.00. The van der Waals surface area contributed by atoms with E-state index in [0.29, 0.717) is 0 Å². The van der Waals surface area contributed by atoms with Gasteiger partial charge in [-0.1, -0.05) is 13.8 Å². The molecule has 0 aromatic carbocycles. The number of aromatic amines is 1. The number of hydrogen-bond acceptors (Lipinski definition) is 7. The van der Waals surface area contributed by atoms with E-state index < -0.39 is 23.1 Å². The summed E-state index contributed by atoms with van der Waals surface area (Å²) < 4.78 is 11.3. The lowest BCUT2D eigenvalue weighted by Gasteiger charge is -2.26. The maximum absolute atomic E-state index is 13.0. The Hall–Kier alpha value is -3.34. The third kappa shape index (κ3) is 5.17. The number of nitrogen functional groups attached to an aromatic ring is 1. The van der Waals surface area contributed by atoms with Gasteiger partial charge in [0.25, 0.3) is 11.5 Å². The molecule has 0 unspecified atom stereocenters. The lowest BCUT2D eigenvalue weighted by molar-refractivity contribution is -0.119. The third-order valence-corrected chi connectivity index (χ3v) is 4.30. The molecule has 0 radical (unpaired) electrons. The Labute approximate surface area is 173 Å². The van der Waals surface area contributed by atoms with Gasteiger partial charge in [-0.3, -0.25) is 23.9 Å². The highest BCUT2D eigenvalue weighted by Gasteiger charge is 2.27. The zero-order chi connectivity index (χ0) is 22.4. The summed E-state index contributed by atoms with van der Waals surface area (Å²) in [4.78, 5) is 54.6. The van der Waals surface area contributed by atoms with Crippen LogP contribution in [0, 0.1) is 5.92 Å². The molecule has 0 aliphatic rings. The molecule has 0 aliphatic carbocycles. The van der Waals surface area contributed by atoms with Gasteiger partial charge in [0.15, 0.2) is 11.4 Å². The average Bonchev–Trinajstić information content (AvgIpc) is 3.21. The predicted molar refractivity (Wildman–Crippen MR) is 110 cm³/mol. The van der Waals surface area contributed by atoms with E-state index in [9.17, 15) is 19.2 Å². The number of methoxy groups -OCH3 is 1. The summed E-state index contributed by atoms with van der Waals surface area (Å²) in [5.41, 5.74) is 4.52. The van der Waals surface area contributed by atoms with Crippen LogP contribution in [0.4, 0.5) is 11.5 Å². The van der Waals surface area contributed by atoms with Crippen LogP contribution in [0.3, 0.4) is 0 Å². The Morgan fingerprint density at radius 1 is 1.33 bits per heavy atom. The summed E-state index contributed by atoms with van der Waals surface area (Å²) in [6, 6.07) is 3.04. The van der Waals surface area contributed by atoms with E-state index in [-0.39, 0.29) is 49.4 Å². The number of likely N-dealkylation sites (N-methyl/N-ethyl adjacent to an activating group) is 1. The molecule has 3 N–H and O–H groups in total. The van der Waals surface area contributed by atoms with Crippen LogP contribution in [0.5, 0.6) is 0 Å². The first-order valence-corrected chi connectivity index (χ1v) is 9.38. The van der Waals surface area contributed by atoms with Crippen molar-refractivity contribution in [3.05, 3.63) is 45.0 Å². The predicted octanol–water partition coefficient (Wildman–Crippen LogP) is 0.119. The lowest BCUT2D eigenvalue weighted by Crippen LogP contribution is -2.46. The summed E-state index contributed by atoms with van der Waals surface area (Å²) in [7, 11) is 2.88. The summed E-state index contributed by atoms with van der Waals surface area (Å²) in [6.45, 7) is 3.82. The second kappa shape index (κ2) is 9.92. The van der Waals surface area contributed by atoms with E-state index in [0.717, 1.165) is 9.80 Å². The van der Waals surface area contributed by atoms with Crippen LogP contribution in [0.2, 0.25) is 0 Å². The Kier molecular flexibility index (Phi) is 7.59. The molecule has 0 bridgehead atoms. The van der Waals surface area contributed by atoms with E-state index in [1.54, 1.807) is 6.07 Å². The molecule has 0 fully saturated rings. The van der Waals surface area contributed by atoms with Crippen molar-refractivity contribution in [2.24, 2.45) is 5.92 Å². The van der Waals surface area contributed by atoms with Crippen molar-refractivity contribution in [1.29, 1.82) is 0 Å². The second-order valence-corrected chi connectivity index (χ2v) is 7.17. The highest BCUT2D eigenvalue weighted by Crippen LogP contribution is 2.18. The SMILES string of the molecule is COCCN(C(=O)CN(C)C(=O)c1ccco1)c1c(N)n(CC(C)C)c(=O)[nH]c1=O. The minimum absolute atomic E-state index is 0.00524. The number of ether oxygens (including phenoxy) is 1. The molecule has 0 saturated heterocycles. The van der Waals surface area contributed by atoms with Gasteiger partial charge >= 0.3 is 5.69 Å². The fraction of sp³-hybridized carbons (Fsp3) is 0.474. The molecular weight excluding hydrogens is 394 g/mol. The van der Waals surface area contributed by atoms with Gasteiger partial charge in [-0.05, 0) is 18.1 Å². The molecule has 11 nitrogen and oxygen atoms in total. The van der Waals surface area contributed by atoms with Crippen LogP contribution in [0.25, 0.3) is 0 Å². The largest absolute Gasteiger partial charge is 0.459 e. The quantitative estimate of drug-likeness (QED) is 0.585. The lowest BCUT2D eigenvalue weighted by atomic mass is 10.2. The minimum atomic E-state index is -0.790. The van der Waals surface area contributed by atoms with Crippen molar-refractivity contribution in [1.82, 2.24) is 14.5 Å². The third-order valence-electron chi connectivity index (χ3n) is 4.30. The number of aromatic nitrogens is 2. The normalized spacial score (nSPS) is 11.0. The maximum Gasteiger partial charge on any atom is 0.330 e. The molecule has 0 spiro atoms. The molecule has 0 aliphatic heterocycles. The number of carbonyl (C=O) groups is 2. The summed E-state index contributed by atoms with van der Waals surface area (Å²) in [6.07, 6.45) is 1.35. The average molecular weight is 421 g/mol. The molecule has 164 valence electrons. The van der Waals surface area contributed by atoms with E-state index >= 15 is 0 Å². The molecule has 2 aromatic heterocycles. The van der Waals surface area contributed by atoms with Crippen molar-refractivity contribution >= 4 is 23.3 Å². The zero-order valence-corrected chi connectivity index (χ0v) is 17.5. The zero-order valence-electron chi connectivity index (χ0n) is 17.5. The van der Waals surface area contributed by atoms with Gasteiger partial charge in [-0.25, -0.2) is 4.79 Å². The van der Waals surface area contributed by atoms with Crippen LogP contribution in [0.15, 0.2) is 32.4 Å². The van der Waals surface area contributed by atoms with E-state index in [1.165, 1.54) is 31.1 Å². The minimum Gasteiger partial charge on any atom is -0.459 e. The van der Waals surface area contributed by atoms with Crippen molar-refractivity contribution in [2.45, 2.75) is 20.4 Å². The Morgan fingerprint density at radius 3 is 2.60 bits per heavy atom. The number of carbonyl (C=O) groups excluding carboxylic acids is 2. The molecule has 0 saturated carbocycles. The van der Waals surface area contributed by atoms with Crippen LogP contribution >= 0.6 is 0 Å². The fourth-order valence-corrected chi connectivity index (χ4v) is 2.88. The molecular formula is C19H27N5O6. The molecule has 30 heavy (non-hydrogen) atoms. The molecule has 2 amide bonds. The number of furan rings is 1. The maximum atomic E-state index is 13.0. The molecule has 2 heterocycles. The summed E-state index contributed by atoms with van der Waals surface area (Å²) >= 11 is 0. The van der Waals surface area contributed by atoms with Crippen molar-refractivity contribution in [3.63, 3.8) is 0 Å². The van der Waals surface area contributed by atoms with E-state index in [2.05, 4.69) is 4.98 Å². The number of nitrogens with zero attached hydrogens (tertiary/aromatic N) is 3. The Morgan fingerprint density at radius 2 is 2.03 bits per heavy atom. The van der Waals surface area contributed by atoms with E-state index in [4.69, 9.17) is 14.9 Å². The number of nitrogens with two attached hydrogens (primary N) is 1. The smallest absolute Gasteiger partial charge is 0.330 e. The number of rotatable bonds is 9. The second-order valence-electron chi connectivity index (χ2n) is 7.17. The standard InChI is InChI=1S/C19H27N5O6/c1-12(2)10-24-16(20)15(17(26)21-19(24)28)23(7-9-29-4)14(25)11-22(3)18(27)13-6-5-8-30-13/h5-6,8,12H,7,9-11,20H2,1-4H3,(H,21,26,28). The summed E-state index contributed by atoms with van der Waals surface area (Å²) in [5, 5.41) is 0. The molecule has 2 rings (SSSR count). The molecule has 0 atom stereocenters. The first-order chi connectivity index (χ1) is 14.2. The fourth-order valence-electron chi connectivity index (χ4n) is 2.88. The van der Waals surface area contributed by atoms with E-state index in [1.807, 2.05) is 13.8 Å².